The normalized spacial score (nSPS) is 10.4. The number of hydrogen-bond donors (Lipinski definition) is 2. The molecule has 2 aromatic carbocycles. The molecule has 0 fully saturated rings. The fourth-order valence-corrected chi connectivity index (χ4v) is 2.31. The summed E-state index contributed by atoms with van der Waals surface area (Å²) in [6.07, 6.45) is 2.86. The van der Waals surface area contributed by atoms with Crippen LogP contribution in [0.2, 0.25) is 0 Å². The van der Waals surface area contributed by atoms with Crippen molar-refractivity contribution in [3.63, 3.8) is 0 Å². The molecule has 0 saturated heterocycles. The highest BCUT2D eigenvalue weighted by Crippen LogP contribution is 2.38. The third kappa shape index (κ3) is 5.24. The van der Waals surface area contributed by atoms with Gasteiger partial charge in [-0.15, -0.1) is 0 Å². The van der Waals surface area contributed by atoms with E-state index in [0.717, 1.165) is 5.56 Å². The van der Waals surface area contributed by atoms with Crippen LogP contribution in [0.4, 0.5) is 0 Å². The molecule has 2 amide bonds. The second kappa shape index (κ2) is 9.28. The van der Waals surface area contributed by atoms with E-state index in [1.165, 1.54) is 27.4 Å². The standard InChI is InChI=1S/C20H22N2O5/c1-13-5-8-15(9-6-13)20(24)22-21-18(23)10-7-14-11-16(25-2)19(27-4)17(12-14)26-3/h5-12H,1-4H3,(H,21,23)(H,22,24)/b10-7+. The number of methoxy groups -OCH3 is 3. The average molecular weight is 370 g/mol. The second-order valence-corrected chi connectivity index (χ2v) is 5.60. The summed E-state index contributed by atoms with van der Waals surface area (Å²) in [4.78, 5) is 23.9. The molecule has 0 atom stereocenters. The SMILES string of the molecule is COc1cc(/C=C/C(=O)NNC(=O)c2ccc(C)cc2)cc(OC)c1OC. The van der Waals surface area contributed by atoms with E-state index in [4.69, 9.17) is 14.2 Å². The number of carbonyl (C=O) groups is 2. The number of hydrogen-bond acceptors (Lipinski definition) is 5. The van der Waals surface area contributed by atoms with E-state index >= 15 is 0 Å². The van der Waals surface area contributed by atoms with Gasteiger partial charge in [-0.25, -0.2) is 0 Å². The van der Waals surface area contributed by atoms with Crippen LogP contribution in [0, 0.1) is 6.92 Å². The highest BCUT2D eigenvalue weighted by molar-refractivity contribution is 5.98. The van der Waals surface area contributed by atoms with E-state index in [2.05, 4.69) is 10.9 Å². The van der Waals surface area contributed by atoms with Crippen LogP contribution in [-0.4, -0.2) is 33.1 Å². The molecule has 0 spiro atoms. The van der Waals surface area contributed by atoms with Gasteiger partial charge in [0, 0.05) is 11.6 Å². The lowest BCUT2D eigenvalue weighted by Gasteiger charge is -2.12. The number of carbonyl (C=O) groups excluding carboxylic acids is 2. The van der Waals surface area contributed by atoms with Crippen molar-refractivity contribution in [2.24, 2.45) is 0 Å². The Morgan fingerprint density at radius 1 is 0.889 bits per heavy atom. The third-order valence-electron chi connectivity index (χ3n) is 3.73. The smallest absolute Gasteiger partial charge is 0.269 e. The van der Waals surface area contributed by atoms with Gasteiger partial charge in [0.15, 0.2) is 11.5 Å². The zero-order chi connectivity index (χ0) is 19.8. The van der Waals surface area contributed by atoms with E-state index in [1.54, 1.807) is 30.3 Å². The molecule has 2 N–H and O–H groups in total. The van der Waals surface area contributed by atoms with Crippen LogP contribution in [0.1, 0.15) is 21.5 Å². The Kier molecular flexibility index (Phi) is 6.82. The Balaban J connectivity index is 2.01. The maximum absolute atomic E-state index is 12.0. The number of aryl methyl sites for hydroxylation is 1. The van der Waals surface area contributed by atoms with Crippen LogP contribution in [0.25, 0.3) is 6.08 Å². The zero-order valence-corrected chi connectivity index (χ0v) is 15.7. The summed E-state index contributed by atoms with van der Waals surface area (Å²) in [7, 11) is 4.54. The van der Waals surface area contributed by atoms with Crippen LogP contribution in [0.3, 0.4) is 0 Å². The molecule has 2 aromatic rings. The first-order chi connectivity index (χ1) is 13.0. The van der Waals surface area contributed by atoms with E-state index in [0.29, 0.717) is 28.4 Å². The summed E-state index contributed by atoms with van der Waals surface area (Å²) >= 11 is 0. The molecule has 27 heavy (non-hydrogen) atoms. The number of ether oxygens (including phenoxy) is 3. The molecule has 0 aliphatic carbocycles. The lowest BCUT2D eigenvalue weighted by molar-refractivity contribution is -0.117. The number of nitrogens with one attached hydrogen (secondary N) is 2. The van der Waals surface area contributed by atoms with Crippen molar-refractivity contribution in [1.29, 1.82) is 0 Å². The fraction of sp³-hybridized carbons (Fsp3) is 0.200. The number of amides is 2. The van der Waals surface area contributed by atoms with Gasteiger partial charge in [0.1, 0.15) is 0 Å². The van der Waals surface area contributed by atoms with E-state index in [-0.39, 0.29) is 0 Å². The maximum atomic E-state index is 12.0. The lowest BCUT2D eigenvalue weighted by Crippen LogP contribution is -2.40. The van der Waals surface area contributed by atoms with Crippen molar-refractivity contribution in [3.8, 4) is 17.2 Å². The quantitative estimate of drug-likeness (QED) is 0.603. The summed E-state index contributed by atoms with van der Waals surface area (Å²) in [5.74, 6) is 0.537. The monoisotopic (exact) mass is 370 g/mol. The van der Waals surface area contributed by atoms with Gasteiger partial charge in [0.25, 0.3) is 11.8 Å². The van der Waals surface area contributed by atoms with E-state index in [9.17, 15) is 9.59 Å². The third-order valence-corrected chi connectivity index (χ3v) is 3.73. The van der Waals surface area contributed by atoms with Gasteiger partial charge in [-0.3, -0.25) is 20.4 Å². The number of rotatable bonds is 6. The summed E-state index contributed by atoms with van der Waals surface area (Å²) in [6, 6.07) is 10.4. The predicted octanol–water partition coefficient (Wildman–Crippen LogP) is 2.50. The minimum Gasteiger partial charge on any atom is -0.493 e. The Hall–Kier alpha value is -3.48. The van der Waals surface area contributed by atoms with Crippen molar-refractivity contribution in [2.45, 2.75) is 6.92 Å². The summed E-state index contributed by atoms with van der Waals surface area (Å²) in [5.41, 5.74) is 6.86. The highest BCUT2D eigenvalue weighted by Gasteiger charge is 2.12. The van der Waals surface area contributed by atoms with Crippen LogP contribution < -0.4 is 25.1 Å². The average Bonchev–Trinajstić information content (AvgIpc) is 2.69. The van der Waals surface area contributed by atoms with Gasteiger partial charge in [0.2, 0.25) is 5.75 Å². The summed E-state index contributed by atoms with van der Waals surface area (Å²) < 4.78 is 15.8. The van der Waals surface area contributed by atoms with Gasteiger partial charge < -0.3 is 14.2 Å². The summed E-state index contributed by atoms with van der Waals surface area (Å²) in [5, 5.41) is 0. The molecule has 7 heteroatoms. The second-order valence-electron chi connectivity index (χ2n) is 5.60. The predicted molar refractivity (Wildman–Crippen MR) is 102 cm³/mol. The van der Waals surface area contributed by atoms with Gasteiger partial charge in [-0.1, -0.05) is 17.7 Å². The van der Waals surface area contributed by atoms with Crippen LogP contribution in [0.15, 0.2) is 42.5 Å². The minimum atomic E-state index is -0.482. The van der Waals surface area contributed by atoms with Gasteiger partial charge in [-0.2, -0.15) is 0 Å². The molecule has 0 unspecified atom stereocenters. The molecule has 142 valence electrons. The van der Waals surface area contributed by atoms with Gasteiger partial charge in [-0.05, 0) is 42.8 Å². The van der Waals surface area contributed by atoms with Crippen molar-refractivity contribution in [1.82, 2.24) is 10.9 Å². The molecule has 0 aromatic heterocycles. The zero-order valence-electron chi connectivity index (χ0n) is 15.7. The number of benzene rings is 2. The topological polar surface area (TPSA) is 85.9 Å². The molecule has 0 aliphatic rings. The van der Waals surface area contributed by atoms with Crippen molar-refractivity contribution >= 4 is 17.9 Å². The Bertz CT molecular complexity index is 819. The first-order valence-corrected chi connectivity index (χ1v) is 8.13. The van der Waals surface area contributed by atoms with Crippen LogP contribution in [-0.2, 0) is 4.79 Å². The Morgan fingerprint density at radius 2 is 1.48 bits per heavy atom. The van der Waals surface area contributed by atoms with Crippen LogP contribution >= 0.6 is 0 Å². The van der Waals surface area contributed by atoms with Gasteiger partial charge >= 0.3 is 0 Å². The largest absolute Gasteiger partial charge is 0.493 e. The maximum Gasteiger partial charge on any atom is 0.269 e. The first kappa shape index (κ1) is 19.8. The minimum absolute atomic E-state index is 0.399. The molecule has 0 radical (unpaired) electrons. The molecule has 0 saturated carbocycles. The molecule has 0 heterocycles. The van der Waals surface area contributed by atoms with Crippen molar-refractivity contribution in [2.75, 3.05) is 21.3 Å². The van der Waals surface area contributed by atoms with E-state index < -0.39 is 11.8 Å². The molecular weight excluding hydrogens is 348 g/mol. The molecule has 0 bridgehead atoms. The fourth-order valence-electron chi connectivity index (χ4n) is 2.31. The van der Waals surface area contributed by atoms with Crippen LogP contribution in [0.5, 0.6) is 17.2 Å². The molecule has 0 aliphatic heterocycles. The Labute approximate surface area is 157 Å². The first-order valence-electron chi connectivity index (χ1n) is 8.13. The van der Waals surface area contributed by atoms with Crippen molar-refractivity contribution < 1.29 is 23.8 Å². The highest BCUT2D eigenvalue weighted by atomic mass is 16.5. The van der Waals surface area contributed by atoms with Gasteiger partial charge in [0.05, 0.1) is 21.3 Å². The van der Waals surface area contributed by atoms with E-state index in [1.807, 2.05) is 19.1 Å². The molecule has 7 nitrogen and oxygen atoms in total. The number of hydrazine groups is 1. The Morgan fingerprint density at radius 3 is 2.00 bits per heavy atom. The molecule has 2 rings (SSSR count). The molecular formula is C20H22N2O5. The van der Waals surface area contributed by atoms with Crippen molar-refractivity contribution in [3.05, 3.63) is 59.2 Å². The summed E-state index contributed by atoms with van der Waals surface area (Å²) in [6.45, 7) is 1.93. The lowest BCUT2D eigenvalue weighted by atomic mass is 10.1.